The lowest BCUT2D eigenvalue weighted by atomic mass is 9.77. The molecule has 1 aliphatic rings. The number of benzene rings is 2. The Bertz CT molecular complexity index is 770. The average molecular weight is 378 g/mol. The van der Waals surface area contributed by atoms with Gasteiger partial charge in [-0.05, 0) is 92.3 Å². The summed E-state index contributed by atoms with van der Waals surface area (Å²) in [6, 6.07) is 14.3. The molecule has 0 spiro atoms. The van der Waals surface area contributed by atoms with Gasteiger partial charge in [0.05, 0.1) is 0 Å². The molecule has 2 aromatic carbocycles. The molecular formula is C26H35NO. The van der Waals surface area contributed by atoms with E-state index in [1.807, 2.05) is 30.3 Å². The molecule has 3 rings (SSSR count). The van der Waals surface area contributed by atoms with E-state index in [0.29, 0.717) is 5.92 Å². The smallest absolute Gasteiger partial charge is 0.255 e. The van der Waals surface area contributed by atoms with Gasteiger partial charge in [-0.1, -0.05) is 50.8 Å². The standard InChI is InChI=1S/C26H35NO/c1-4-5-6-7-21-9-11-22(12-10-21)23-13-15-24(16-14-23)26(28)27-25-17-8-19(2)20(3)18-25/h8,13-18,21-22H,4-7,9-12H2,1-3H3,(H,27,28). The Morgan fingerprint density at radius 2 is 1.64 bits per heavy atom. The molecule has 0 heterocycles. The number of hydrogen-bond acceptors (Lipinski definition) is 1. The second-order valence-corrected chi connectivity index (χ2v) is 8.59. The van der Waals surface area contributed by atoms with E-state index in [0.717, 1.165) is 17.2 Å². The molecule has 0 atom stereocenters. The SMILES string of the molecule is CCCCCC1CCC(c2ccc(C(=O)Nc3ccc(C)c(C)c3)cc2)CC1. The number of rotatable bonds is 7. The zero-order valence-corrected chi connectivity index (χ0v) is 17.8. The summed E-state index contributed by atoms with van der Waals surface area (Å²) >= 11 is 0. The lowest BCUT2D eigenvalue weighted by Gasteiger charge is -2.29. The normalized spacial score (nSPS) is 19.4. The molecule has 1 aliphatic carbocycles. The Labute approximate surface area is 170 Å². The Hall–Kier alpha value is -2.09. The molecule has 1 saturated carbocycles. The number of amides is 1. The third kappa shape index (κ3) is 5.47. The minimum Gasteiger partial charge on any atom is -0.322 e. The van der Waals surface area contributed by atoms with E-state index in [1.54, 1.807) is 0 Å². The van der Waals surface area contributed by atoms with Crippen LogP contribution in [0.2, 0.25) is 0 Å². The molecule has 0 aliphatic heterocycles. The zero-order chi connectivity index (χ0) is 19.9. The minimum atomic E-state index is -0.0329. The fourth-order valence-electron chi connectivity index (χ4n) is 4.40. The van der Waals surface area contributed by atoms with Crippen molar-refractivity contribution < 1.29 is 4.79 Å². The first-order valence-electron chi connectivity index (χ1n) is 11.1. The minimum absolute atomic E-state index is 0.0329. The van der Waals surface area contributed by atoms with Crippen molar-refractivity contribution in [2.45, 2.75) is 78.1 Å². The van der Waals surface area contributed by atoms with Crippen molar-refractivity contribution in [3.05, 3.63) is 64.7 Å². The quantitative estimate of drug-likeness (QED) is 0.500. The van der Waals surface area contributed by atoms with Crippen LogP contribution in [0.15, 0.2) is 42.5 Å². The number of anilines is 1. The highest BCUT2D eigenvalue weighted by Gasteiger charge is 2.22. The van der Waals surface area contributed by atoms with Crippen LogP contribution in [0.1, 0.15) is 91.3 Å². The molecular weight excluding hydrogens is 342 g/mol. The van der Waals surface area contributed by atoms with Crippen LogP contribution in [0.3, 0.4) is 0 Å². The van der Waals surface area contributed by atoms with E-state index in [4.69, 9.17) is 0 Å². The number of hydrogen-bond donors (Lipinski definition) is 1. The number of carbonyl (C=O) groups excluding carboxylic acids is 1. The van der Waals surface area contributed by atoms with Gasteiger partial charge in [-0.3, -0.25) is 4.79 Å². The molecule has 1 amide bonds. The van der Waals surface area contributed by atoms with Gasteiger partial charge in [0.15, 0.2) is 0 Å². The summed E-state index contributed by atoms with van der Waals surface area (Å²) in [5.74, 6) is 1.57. The number of unbranched alkanes of at least 4 members (excludes halogenated alkanes) is 2. The second kappa shape index (κ2) is 9.91. The summed E-state index contributed by atoms with van der Waals surface area (Å²) in [6.07, 6.45) is 10.8. The average Bonchev–Trinajstić information content (AvgIpc) is 2.72. The van der Waals surface area contributed by atoms with Gasteiger partial charge in [0.25, 0.3) is 5.91 Å². The summed E-state index contributed by atoms with van der Waals surface area (Å²) in [5.41, 5.74) is 5.42. The summed E-state index contributed by atoms with van der Waals surface area (Å²) < 4.78 is 0. The van der Waals surface area contributed by atoms with Gasteiger partial charge in [-0.15, -0.1) is 0 Å². The topological polar surface area (TPSA) is 29.1 Å². The Morgan fingerprint density at radius 3 is 2.29 bits per heavy atom. The summed E-state index contributed by atoms with van der Waals surface area (Å²) in [5, 5.41) is 3.02. The highest BCUT2D eigenvalue weighted by Crippen LogP contribution is 2.37. The van der Waals surface area contributed by atoms with E-state index in [1.165, 1.54) is 68.1 Å². The lowest BCUT2D eigenvalue weighted by Crippen LogP contribution is -2.14. The molecule has 2 heteroatoms. The van der Waals surface area contributed by atoms with Crippen molar-refractivity contribution in [2.75, 3.05) is 5.32 Å². The van der Waals surface area contributed by atoms with Crippen molar-refractivity contribution in [1.29, 1.82) is 0 Å². The molecule has 0 aromatic heterocycles. The van der Waals surface area contributed by atoms with Crippen molar-refractivity contribution in [1.82, 2.24) is 0 Å². The third-order valence-electron chi connectivity index (χ3n) is 6.47. The van der Waals surface area contributed by atoms with E-state index in [-0.39, 0.29) is 5.91 Å². The van der Waals surface area contributed by atoms with Gasteiger partial charge in [0.1, 0.15) is 0 Å². The van der Waals surface area contributed by atoms with Gasteiger partial charge < -0.3 is 5.32 Å². The second-order valence-electron chi connectivity index (χ2n) is 8.59. The van der Waals surface area contributed by atoms with Crippen LogP contribution in [-0.4, -0.2) is 5.91 Å². The summed E-state index contributed by atoms with van der Waals surface area (Å²) in [6.45, 7) is 6.43. The molecule has 0 radical (unpaired) electrons. The van der Waals surface area contributed by atoms with Crippen molar-refractivity contribution in [3.8, 4) is 0 Å². The highest BCUT2D eigenvalue weighted by molar-refractivity contribution is 6.04. The van der Waals surface area contributed by atoms with Crippen molar-refractivity contribution in [3.63, 3.8) is 0 Å². The van der Waals surface area contributed by atoms with E-state index in [2.05, 4.69) is 38.2 Å². The van der Waals surface area contributed by atoms with E-state index >= 15 is 0 Å². The van der Waals surface area contributed by atoms with Gasteiger partial charge >= 0.3 is 0 Å². The molecule has 1 fully saturated rings. The largest absolute Gasteiger partial charge is 0.322 e. The maximum absolute atomic E-state index is 12.6. The monoisotopic (exact) mass is 377 g/mol. The van der Waals surface area contributed by atoms with Gasteiger partial charge in [0, 0.05) is 11.3 Å². The predicted octanol–water partition coefficient (Wildman–Crippen LogP) is 7.41. The van der Waals surface area contributed by atoms with Gasteiger partial charge in [-0.25, -0.2) is 0 Å². The first kappa shape index (κ1) is 20.6. The number of carbonyl (C=O) groups is 1. The van der Waals surface area contributed by atoms with Crippen LogP contribution >= 0.6 is 0 Å². The fourth-order valence-corrected chi connectivity index (χ4v) is 4.40. The zero-order valence-electron chi connectivity index (χ0n) is 17.8. The molecule has 0 bridgehead atoms. The van der Waals surface area contributed by atoms with Crippen molar-refractivity contribution >= 4 is 11.6 Å². The van der Waals surface area contributed by atoms with Crippen LogP contribution in [0.4, 0.5) is 5.69 Å². The predicted molar refractivity (Wildman–Crippen MR) is 119 cm³/mol. The van der Waals surface area contributed by atoms with Crippen molar-refractivity contribution in [2.24, 2.45) is 5.92 Å². The van der Waals surface area contributed by atoms with Crippen LogP contribution in [0.25, 0.3) is 0 Å². The summed E-state index contributed by atoms with van der Waals surface area (Å²) in [7, 11) is 0. The molecule has 2 nitrogen and oxygen atoms in total. The maximum atomic E-state index is 12.6. The highest BCUT2D eigenvalue weighted by atomic mass is 16.1. The summed E-state index contributed by atoms with van der Waals surface area (Å²) in [4.78, 5) is 12.6. The van der Waals surface area contributed by atoms with Crippen LogP contribution in [-0.2, 0) is 0 Å². The molecule has 0 saturated heterocycles. The molecule has 28 heavy (non-hydrogen) atoms. The van der Waals surface area contributed by atoms with E-state index < -0.39 is 0 Å². The number of nitrogens with one attached hydrogen (secondary N) is 1. The Kier molecular flexibility index (Phi) is 7.30. The van der Waals surface area contributed by atoms with Crippen LogP contribution in [0.5, 0.6) is 0 Å². The first-order valence-corrected chi connectivity index (χ1v) is 11.1. The van der Waals surface area contributed by atoms with Crippen LogP contribution < -0.4 is 5.32 Å². The van der Waals surface area contributed by atoms with Gasteiger partial charge in [-0.2, -0.15) is 0 Å². The Morgan fingerprint density at radius 1 is 0.929 bits per heavy atom. The van der Waals surface area contributed by atoms with Gasteiger partial charge in [0.2, 0.25) is 0 Å². The Balaban J connectivity index is 1.53. The fraction of sp³-hybridized carbons (Fsp3) is 0.500. The molecule has 1 N–H and O–H groups in total. The number of aryl methyl sites for hydroxylation is 2. The molecule has 150 valence electrons. The lowest BCUT2D eigenvalue weighted by molar-refractivity contribution is 0.102. The van der Waals surface area contributed by atoms with E-state index in [9.17, 15) is 4.79 Å². The first-order chi connectivity index (χ1) is 13.6. The third-order valence-corrected chi connectivity index (χ3v) is 6.47. The maximum Gasteiger partial charge on any atom is 0.255 e. The molecule has 0 unspecified atom stereocenters. The van der Waals surface area contributed by atoms with Crippen LogP contribution in [0, 0.1) is 19.8 Å². The molecule has 2 aromatic rings.